The molecule has 6 nitrogen and oxygen atoms in total. The molecule has 0 atom stereocenters. The first-order chi connectivity index (χ1) is 11.7. The molecular weight excluding hydrogens is 326 g/mol. The molecule has 4 rings (SSSR count). The van der Waals surface area contributed by atoms with Gasteiger partial charge in [0.1, 0.15) is 17.2 Å². The second kappa shape index (κ2) is 5.98. The van der Waals surface area contributed by atoms with Crippen LogP contribution in [-0.2, 0) is 5.75 Å². The van der Waals surface area contributed by atoms with Gasteiger partial charge >= 0.3 is 5.63 Å². The maximum absolute atomic E-state index is 11.9. The van der Waals surface area contributed by atoms with Crippen LogP contribution in [0.15, 0.2) is 38.6 Å². The molecule has 7 heteroatoms. The average molecular weight is 343 g/mol. The molecule has 24 heavy (non-hydrogen) atoms. The fraction of sp³-hybridized carbons (Fsp3) is 0.353. The molecule has 2 heterocycles. The van der Waals surface area contributed by atoms with Crippen molar-refractivity contribution in [3.8, 4) is 5.75 Å². The second-order valence-electron chi connectivity index (χ2n) is 5.87. The largest absolute Gasteiger partial charge is 0.497 e. The highest BCUT2D eigenvalue weighted by atomic mass is 32.2. The van der Waals surface area contributed by atoms with Crippen molar-refractivity contribution >= 4 is 22.7 Å². The Hall–Kier alpha value is -2.28. The van der Waals surface area contributed by atoms with Crippen molar-refractivity contribution in [1.29, 1.82) is 0 Å². The van der Waals surface area contributed by atoms with Crippen molar-refractivity contribution in [3.05, 3.63) is 46.1 Å². The van der Waals surface area contributed by atoms with Crippen LogP contribution in [0.1, 0.15) is 30.3 Å². The number of aromatic nitrogens is 3. The van der Waals surface area contributed by atoms with Crippen LogP contribution < -0.4 is 10.4 Å². The van der Waals surface area contributed by atoms with E-state index in [4.69, 9.17) is 9.15 Å². The predicted octanol–water partition coefficient (Wildman–Crippen LogP) is 3.33. The Bertz CT molecular complexity index is 959. The number of methoxy groups -OCH3 is 1. The van der Waals surface area contributed by atoms with Crippen molar-refractivity contribution in [3.63, 3.8) is 0 Å². The number of aryl methyl sites for hydroxylation is 1. The molecule has 1 aliphatic carbocycles. The zero-order chi connectivity index (χ0) is 16.7. The second-order valence-corrected chi connectivity index (χ2v) is 6.81. The van der Waals surface area contributed by atoms with E-state index in [0.29, 0.717) is 23.1 Å². The number of fused-ring (bicyclic) bond motifs is 1. The molecule has 1 aromatic carbocycles. The number of thioether (sulfide) groups is 1. The predicted molar refractivity (Wildman–Crippen MR) is 91.6 cm³/mol. The summed E-state index contributed by atoms with van der Waals surface area (Å²) in [5.74, 6) is 2.25. The zero-order valence-corrected chi connectivity index (χ0v) is 14.3. The number of ether oxygens (including phenoxy) is 1. The third-order valence-electron chi connectivity index (χ3n) is 4.14. The Kier molecular flexibility index (Phi) is 3.80. The van der Waals surface area contributed by atoms with E-state index in [-0.39, 0.29) is 5.63 Å². The number of nitrogens with zero attached hydrogens (tertiary/aromatic N) is 3. The van der Waals surface area contributed by atoms with Crippen molar-refractivity contribution in [2.24, 2.45) is 0 Å². The Balaban J connectivity index is 1.66. The van der Waals surface area contributed by atoms with Gasteiger partial charge in [0.25, 0.3) is 0 Å². The highest BCUT2D eigenvalue weighted by Crippen LogP contribution is 2.39. The standard InChI is InChI=1S/C17H17N3O3S/c1-10-18-19-17(20(10)12-3-4-12)24-9-11-7-16(21)23-15-8-13(22-2)5-6-14(11)15/h5-8,12H,3-4,9H2,1-2H3. The number of rotatable bonds is 5. The van der Waals surface area contributed by atoms with Crippen molar-refractivity contribution < 1.29 is 9.15 Å². The topological polar surface area (TPSA) is 70.2 Å². The summed E-state index contributed by atoms with van der Waals surface area (Å²) in [6.45, 7) is 1.98. The van der Waals surface area contributed by atoms with Gasteiger partial charge < -0.3 is 13.7 Å². The Morgan fingerprint density at radius 3 is 2.92 bits per heavy atom. The molecule has 0 radical (unpaired) electrons. The quantitative estimate of drug-likeness (QED) is 0.523. The molecule has 3 aromatic rings. The molecule has 124 valence electrons. The monoisotopic (exact) mass is 343 g/mol. The minimum Gasteiger partial charge on any atom is -0.497 e. The molecular formula is C17H17N3O3S. The van der Waals surface area contributed by atoms with Crippen LogP contribution in [0.5, 0.6) is 5.75 Å². The van der Waals surface area contributed by atoms with Crippen molar-refractivity contribution in [2.45, 2.75) is 36.7 Å². The van der Waals surface area contributed by atoms with Gasteiger partial charge in [-0.05, 0) is 37.5 Å². The van der Waals surface area contributed by atoms with E-state index in [2.05, 4.69) is 14.8 Å². The third kappa shape index (κ3) is 2.80. The van der Waals surface area contributed by atoms with Crippen molar-refractivity contribution in [2.75, 3.05) is 7.11 Å². The summed E-state index contributed by atoms with van der Waals surface area (Å²) in [7, 11) is 1.59. The minimum atomic E-state index is -0.355. The van der Waals surface area contributed by atoms with Gasteiger partial charge in [0.2, 0.25) is 0 Å². The van der Waals surface area contributed by atoms with Gasteiger partial charge in [0.15, 0.2) is 5.16 Å². The molecule has 0 unspecified atom stereocenters. The average Bonchev–Trinajstić information content (AvgIpc) is 3.34. The molecule has 0 amide bonds. The lowest BCUT2D eigenvalue weighted by molar-refractivity contribution is 0.414. The fourth-order valence-electron chi connectivity index (χ4n) is 2.80. The van der Waals surface area contributed by atoms with E-state index >= 15 is 0 Å². The highest BCUT2D eigenvalue weighted by Gasteiger charge is 2.28. The Morgan fingerprint density at radius 2 is 2.17 bits per heavy atom. The van der Waals surface area contributed by atoms with E-state index in [1.165, 1.54) is 12.8 Å². The SMILES string of the molecule is COc1ccc2c(CSc3nnc(C)n3C3CC3)cc(=O)oc2c1. The van der Waals surface area contributed by atoms with Crippen molar-refractivity contribution in [1.82, 2.24) is 14.8 Å². The lowest BCUT2D eigenvalue weighted by atomic mass is 10.1. The summed E-state index contributed by atoms with van der Waals surface area (Å²) < 4.78 is 12.7. The van der Waals surface area contributed by atoms with Crippen LogP contribution in [-0.4, -0.2) is 21.9 Å². The van der Waals surface area contributed by atoms with E-state index in [0.717, 1.165) is 21.9 Å². The van der Waals surface area contributed by atoms with Gasteiger partial charge in [-0.1, -0.05) is 11.8 Å². The van der Waals surface area contributed by atoms with Gasteiger partial charge in [0, 0.05) is 29.3 Å². The summed E-state index contributed by atoms with van der Waals surface area (Å²) in [6, 6.07) is 7.61. The van der Waals surface area contributed by atoms with Gasteiger partial charge in [-0.3, -0.25) is 0 Å². The first kappa shape index (κ1) is 15.3. The fourth-order valence-corrected chi connectivity index (χ4v) is 3.84. The number of benzene rings is 1. The summed E-state index contributed by atoms with van der Waals surface area (Å²) in [4.78, 5) is 11.9. The molecule has 0 bridgehead atoms. The Morgan fingerprint density at radius 1 is 1.33 bits per heavy atom. The van der Waals surface area contributed by atoms with Crippen LogP contribution in [0.3, 0.4) is 0 Å². The van der Waals surface area contributed by atoms with Crippen LogP contribution in [0.25, 0.3) is 11.0 Å². The third-order valence-corrected chi connectivity index (χ3v) is 5.13. The van der Waals surface area contributed by atoms with E-state index in [1.807, 2.05) is 19.1 Å². The molecule has 0 aliphatic heterocycles. The smallest absolute Gasteiger partial charge is 0.336 e. The normalized spacial score (nSPS) is 14.2. The lowest BCUT2D eigenvalue weighted by Gasteiger charge is -2.08. The lowest BCUT2D eigenvalue weighted by Crippen LogP contribution is -2.02. The van der Waals surface area contributed by atoms with Crippen LogP contribution in [0.4, 0.5) is 0 Å². The Labute approximate surface area is 142 Å². The van der Waals surface area contributed by atoms with Crippen LogP contribution >= 0.6 is 11.8 Å². The summed E-state index contributed by atoms with van der Waals surface area (Å²) >= 11 is 1.60. The minimum absolute atomic E-state index is 0.355. The summed E-state index contributed by atoms with van der Waals surface area (Å²) in [5, 5.41) is 10.3. The van der Waals surface area contributed by atoms with E-state index in [9.17, 15) is 4.79 Å². The molecule has 0 spiro atoms. The maximum Gasteiger partial charge on any atom is 0.336 e. The highest BCUT2D eigenvalue weighted by molar-refractivity contribution is 7.98. The maximum atomic E-state index is 11.9. The van der Waals surface area contributed by atoms with E-state index in [1.54, 1.807) is 31.0 Å². The zero-order valence-electron chi connectivity index (χ0n) is 13.5. The molecule has 2 aromatic heterocycles. The molecule has 1 aliphatic rings. The van der Waals surface area contributed by atoms with Crippen LogP contribution in [0.2, 0.25) is 0 Å². The molecule has 0 N–H and O–H groups in total. The summed E-state index contributed by atoms with van der Waals surface area (Å²) in [5.41, 5.74) is 1.11. The summed E-state index contributed by atoms with van der Waals surface area (Å²) in [6.07, 6.45) is 2.37. The number of hydrogen-bond acceptors (Lipinski definition) is 6. The van der Waals surface area contributed by atoms with Gasteiger partial charge in [0.05, 0.1) is 7.11 Å². The van der Waals surface area contributed by atoms with Crippen LogP contribution in [0, 0.1) is 6.92 Å². The first-order valence-corrected chi connectivity index (χ1v) is 8.79. The van der Waals surface area contributed by atoms with Gasteiger partial charge in [-0.25, -0.2) is 4.79 Å². The molecule has 1 saturated carbocycles. The van der Waals surface area contributed by atoms with Gasteiger partial charge in [-0.2, -0.15) is 0 Å². The van der Waals surface area contributed by atoms with Gasteiger partial charge in [-0.15, -0.1) is 10.2 Å². The molecule has 1 fully saturated rings. The molecule has 0 saturated heterocycles. The first-order valence-electron chi connectivity index (χ1n) is 7.81. The van der Waals surface area contributed by atoms with E-state index < -0.39 is 0 Å². The number of hydrogen-bond donors (Lipinski definition) is 0.